The summed E-state index contributed by atoms with van der Waals surface area (Å²) < 4.78 is 31.1. The van der Waals surface area contributed by atoms with Gasteiger partial charge in [-0.2, -0.15) is 9.57 Å². The van der Waals surface area contributed by atoms with Gasteiger partial charge < -0.3 is 10.2 Å². The molecule has 0 aromatic heterocycles. The summed E-state index contributed by atoms with van der Waals surface area (Å²) in [6, 6.07) is 8.02. The largest absolute Gasteiger partial charge is 0.361 e. The van der Waals surface area contributed by atoms with E-state index in [-0.39, 0.29) is 24.6 Å². The van der Waals surface area contributed by atoms with E-state index in [1.54, 1.807) is 12.1 Å². The molecule has 1 aliphatic rings. The van der Waals surface area contributed by atoms with Crippen LogP contribution in [0.4, 0.5) is 5.69 Å². The number of nitrogen functional groups attached to an aromatic ring is 1. The Labute approximate surface area is 111 Å². The van der Waals surface area contributed by atoms with E-state index in [2.05, 4.69) is 5.43 Å². The van der Waals surface area contributed by atoms with Gasteiger partial charge in [0, 0.05) is 12.2 Å². The summed E-state index contributed by atoms with van der Waals surface area (Å²) in [5, 5.41) is 8.79. The number of rotatable bonds is 3. The third-order valence-electron chi connectivity index (χ3n) is 2.83. The van der Waals surface area contributed by atoms with Crippen molar-refractivity contribution in [3.05, 3.63) is 24.3 Å². The highest BCUT2D eigenvalue weighted by atomic mass is 32.2. The SMILES string of the molecule is N#CC1CN(S(=O)(=O)c2ccc(NN)cc2)CCO1. The zero-order valence-corrected chi connectivity index (χ0v) is 10.9. The quantitative estimate of drug-likeness (QED) is 0.591. The molecular formula is C11H14N4O3S. The number of ether oxygens (including phenoxy) is 1. The molecule has 0 bridgehead atoms. The van der Waals surface area contributed by atoms with Gasteiger partial charge in [-0.25, -0.2) is 8.42 Å². The minimum atomic E-state index is -3.60. The molecule has 102 valence electrons. The maximum absolute atomic E-state index is 12.4. The highest BCUT2D eigenvalue weighted by Gasteiger charge is 2.30. The van der Waals surface area contributed by atoms with Crippen LogP contribution in [0.1, 0.15) is 0 Å². The van der Waals surface area contributed by atoms with Crippen LogP contribution in [-0.4, -0.2) is 38.5 Å². The fraction of sp³-hybridized carbons (Fsp3) is 0.364. The molecule has 8 heteroatoms. The van der Waals surface area contributed by atoms with E-state index in [1.165, 1.54) is 16.4 Å². The van der Waals surface area contributed by atoms with Gasteiger partial charge in [-0.05, 0) is 24.3 Å². The van der Waals surface area contributed by atoms with Gasteiger partial charge in [-0.15, -0.1) is 0 Å². The molecule has 1 heterocycles. The van der Waals surface area contributed by atoms with Gasteiger partial charge >= 0.3 is 0 Å². The number of nitrogens with one attached hydrogen (secondary N) is 1. The number of nitriles is 1. The second kappa shape index (κ2) is 5.54. The summed E-state index contributed by atoms with van der Waals surface area (Å²) in [5.74, 6) is 5.23. The normalized spacial score (nSPS) is 20.7. The van der Waals surface area contributed by atoms with Crippen molar-refractivity contribution in [2.24, 2.45) is 5.84 Å². The van der Waals surface area contributed by atoms with Gasteiger partial charge in [0.25, 0.3) is 0 Å². The van der Waals surface area contributed by atoms with E-state index in [0.717, 1.165) is 0 Å². The van der Waals surface area contributed by atoms with E-state index >= 15 is 0 Å². The van der Waals surface area contributed by atoms with Gasteiger partial charge in [-0.3, -0.25) is 5.84 Å². The van der Waals surface area contributed by atoms with Gasteiger partial charge in [-0.1, -0.05) is 0 Å². The van der Waals surface area contributed by atoms with Crippen LogP contribution in [0.2, 0.25) is 0 Å². The standard InChI is InChI=1S/C11H14N4O3S/c12-7-10-8-15(5-6-18-10)19(16,17)11-3-1-9(14-13)2-4-11/h1-4,10,14H,5-6,8,13H2. The lowest BCUT2D eigenvalue weighted by Gasteiger charge is -2.28. The van der Waals surface area contributed by atoms with E-state index in [9.17, 15) is 8.42 Å². The van der Waals surface area contributed by atoms with Crippen LogP contribution in [0.3, 0.4) is 0 Å². The summed E-state index contributed by atoms with van der Waals surface area (Å²) in [6.45, 7) is 0.521. The fourth-order valence-electron chi connectivity index (χ4n) is 1.79. The third-order valence-corrected chi connectivity index (χ3v) is 4.71. The molecule has 2 rings (SSSR count). The Bertz CT molecular complexity index is 579. The topological polar surface area (TPSA) is 108 Å². The smallest absolute Gasteiger partial charge is 0.243 e. The molecule has 1 aromatic rings. The molecule has 0 saturated carbocycles. The predicted octanol–water partition coefficient (Wildman–Crippen LogP) is -0.115. The Morgan fingerprint density at radius 1 is 1.42 bits per heavy atom. The Morgan fingerprint density at radius 3 is 2.68 bits per heavy atom. The Hall–Kier alpha value is -1.66. The van der Waals surface area contributed by atoms with Crippen molar-refractivity contribution in [1.82, 2.24) is 4.31 Å². The molecular weight excluding hydrogens is 268 g/mol. The highest BCUT2D eigenvalue weighted by Crippen LogP contribution is 2.20. The van der Waals surface area contributed by atoms with Gasteiger partial charge in [0.1, 0.15) is 0 Å². The Morgan fingerprint density at radius 2 is 2.11 bits per heavy atom. The monoisotopic (exact) mass is 282 g/mol. The first-order valence-corrected chi connectivity index (χ1v) is 7.10. The number of hydrogen-bond donors (Lipinski definition) is 2. The second-order valence-electron chi connectivity index (χ2n) is 4.02. The number of anilines is 1. The number of benzene rings is 1. The first-order valence-electron chi connectivity index (χ1n) is 5.66. The first kappa shape index (κ1) is 13.8. The summed E-state index contributed by atoms with van der Waals surface area (Å²) in [7, 11) is -3.60. The molecule has 3 N–H and O–H groups in total. The molecule has 1 aromatic carbocycles. The van der Waals surface area contributed by atoms with E-state index in [0.29, 0.717) is 5.69 Å². The van der Waals surface area contributed by atoms with Crippen LogP contribution in [-0.2, 0) is 14.8 Å². The number of nitrogens with two attached hydrogens (primary N) is 1. The van der Waals surface area contributed by atoms with Crippen LogP contribution in [0, 0.1) is 11.3 Å². The maximum Gasteiger partial charge on any atom is 0.243 e. The Kier molecular flexibility index (Phi) is 4.01. The van der Waals surface area contributed by atoms with Gasteiger partial charge in [0.05, 0.1) is 24.1 Å². The first-order chi connectivity index (χ1) is 9.07. The third kappa shape index (κ3) is 2.85. The van der Waals surface area contributed by atoms with Crippen molar-refractivity contribution >= 4 is 15.7 Å². The van der Waals surface area contributed by atoms with Crippen molar-refractivity contribution in [2.45, 2.75) is 11.0 Å². The second-order valence-corrected chi connectivity index (χ2v) is 5.96. The number of sulfonamides is 1. The number of nitrogens with zero attached hydrogens (tertiary/aromatic N) is 2. The molecule has 0 amide bonds. The van der Waals surface area contributed by atoms with Crippen molar-refractivity contribution in [3.63, 3.8) is 0 Å². The fourth-order valence-corrected chi connectivity index (χ4v) is 3.22. The van der Waals surface area contributed by atoms with Crippen molar-refractivity contribution < 1.29 is 13.2 Å². The summed E-state index contributed by atoms with van der Waals surface area (Å²) in [5.41, 5.74) is 3.05. The molecule has 19 heavy (non-hydrogen) atoms. The maximum atomic E-state index is 12.4. The predicted molar refractivity (Wildman–Crippen MR) is 68.4 cm³/mol. The van der Waals surface area contributed by atoms with Crippen LogP contribution in [0.25, 0.3) is 0 Å². The van der Waals surface area contributed by atoms with Gasteiger partial charge in [0.15, 0.2) is 6.10 Å². The van der Waals surface area contributed by atoms with Crippen molar-refractivity contribution in [2.75, 3.05) is 25.1 Å². The molecule has 0 aliphatic carbocycles. The molecule has 1 aliphatic heterocycles. The minimum absolute atomic E-state index is 0.0513. The molecule has 0 radical (unpaired) electrons. The van der Waals surface area contributed by atoms with Crippen molar-refractivity contribution in [3.8, 4) is 6.07 Å². The number of morpholine rings is 1. The molecule has 1 unspecified atom stereocenters. The van der Waals surface area contributed by atoms with Crippen LogP contribution >= 0.6 is 0 Å². The number of hydrogen-bond acceptors (Lipinski definition) is 6. The Balaban J connectivity index is 2.23. The average Bonchev–Trinajstić information content (AvgIpc) is 2.47. The van der Waals surface area contributed by atoms with Crippen LogP contribution in [0.5, 0.6) is 0 Å². The van der Waals surface area contributed by atoms with E-state index < -0.39 is 16.1 Å². The lowest BCUT2D eigenvalue weighted by molar-refractivity contribution is 0.0311. The lowest BCUT2D eigenvalue weighted by Crippen LogP contribution is -2.44. The van der Waals surface area contributed by atoms with Crippen LogP contribution in [0.15, 0.2) is 29.2 Å². The zero-order valence-electron chi connectivity index (χ0n) is 10.1. The molecule has 1 saturated heterocycles. The van der Waals surface area contributed by atoms with E-state index in [4.69, 9.17) is 15.8 Å². The molecule has 7 nitrogen and oxygen atoms in total. The lowest BCUT2D eigenvalue weighted by atomic mass is 10.3. The average molecular weight is 282 g/mol. The summed E-state index contributed by atoms with van der Waals surface area (Å²) in [6.07, 6.45) is -0.714. The number of hydrazine groups is 1. The van der Waals surface area contributed by atoms with Crippen LogP contribution < -0.4 is 11.3 Å². The van der Waals surface area contributed by atoms with Crippen molar-refractivity contribution in [1.29, 1.82) is 5.26 Å². The summed E-state index contributed by atoms with van der Waals surface area (Å²) >= 11 is 0. The van der Waals surface area contributed by atoms with Gasteiger partial charge in [0.2, 0.25) is 10.0 Å². The molecule has 0 spiro atoms. The minimum Gasteiger partial charge on any atom is -0.361 e. The highest BCUT2D eigenvalue weighted by molar-refractivity contribution is 7.89. The van der Waals surface area contributed by atoms with E-state index in [1.807, 2.05) is 6.07 Å². The zero-order chi connectivity index (χ0) is 13.9. The molecule has 1 fully saturated rings. The molecule has 1 atom stereocenters. The summed E-state index contributed by atoms with van der Waals surface area (Å²) in [4.78, 5) is 0.171.